The van der Waals surface area contributed by atoms with Crippen molar-refractivity contribution in [2.75, 3.05) is 26.2 Å². The van der Waals surface area contributed by atoms with Crippen LogP contribution in [0.3, 0.4) is 0 Å². The van der Waals surface area contributed by atoms with Gasteiger partial charge in [0.05, 0.1) is 6.42 Å². The summed E-state index contributed by atoms with van der Waals surface area (Å²) in [5.74, 6) is 1.49. The van der Waals surface area contributed by atoms with E-state index in [0.29, 0.717) is 25.4 Å². The number of rotatable bonds is 7. The van der Waals surface area contributed by atoms with Gasteiger partial charge < -0.3 is 15.0 Å². The quantitative estimate of drug-likeness (QED) is 0.775. The molecule has 3 rings (SSSR count). The van der Waals surface area contributed by atoms with E-state index in [9.17, 15) is 9.59 Å². The molecular formula is C22H28N4O3. The molecule has 1 atom stereocenters. The van der Waals surface area contributed by atoms with Crippen LogP contribution < -0.4 is 10.1 Å². The summed E-state index contributed by atoms with van der Waals surface area (Å²) in [6.07, 6.45) is 1.11. The molecule has 1 unspecified atom stereocenters. The number of carbonyl (C=O) groups is 2. The van der Waals surface area contributed by atoms with Crippen LogP contribution in [0.15, 0.2) is 30.3 Å². The lowest BCUT2D eigenvalue weighted by atomic mass is 10.0. The third kappa shape index (κ3) is 5.31. The Kier molecular flexibility index (Phi) is 6.80. The number of ether oxygens (including phenoxy) is 1. The minimum atomic E-state index is -0.0300. The molecule has 2 aromatic rings. The van der Waals surface area contributed by atoms with Gasteiger partial charge in [-0.15, -0.1) is 0 Å². The monoisotopic (exact) mass is 396 g/mol. The first kappa shape index (κ1) is 20.8. The number of carbonyl (C=O) groups excluding carboxylic acids is 2. The molecule has 7 nitrogen and oxygen atoms in total. The Morgan fingerprint density at radius 1 is 1.17 bits per heavy atom. The Labute approximate surface area is 171 Å². The lowest BCUT2D eigenvalue weighted by Crippen LogP contribution is -2.33. The molecule has 0 spiro atoms. The van der Waals surface area contributed by atoms with Crippen molar-refractivity contribution in [3.8, 4) is 5.75 Å². The zero-order valence-electron chi connectivity index (χ0n) is 17.3. The third-order valence-corrected chi connectivity index (χ3v) is 5.16. The molecular weight excluding hydrogens is 368 g/mol. The highest BCUT2D eigenvalue weighted by Crippen LogP contribution is 2.26. The van der Waals surface area contributed by atoms with Crippen LogP contribution in [0.4, 0.5) is 0 Å². The predicted molar refractivity (Wildman–Crippen MR) is 110 cm³/mol. The molecule has 29 heavy (non-hydrogen) atoms. The number of para-hydroxylation sites is 1. The summed E-state index contributed by atoms with van der Waals surface area (Å²) in [5, 5.41) is 2.81. The van der Waals surface area contributed by atoms with Crippen LogP contribution in [0, 0.1) is 13.8 Å². The van der Waals surface area contributed by atoms with E-state index < -0.39 is 0 Å². The molecule has 7 heteroatoms. The molecule has 0 saturated carbocycles. The van der Waals surface area contributed by atoms with Crippen molar-refractivity contribution in [2.45, 2.75) is 39.5 Å². The molecule has 0 bridgehead atoms. The molecule has 0 radical (unpaired) electrons. The van der Waals surface area contributed by atoms with Crippen molar-refractivity contribution in [2.24, 2.45) is 0 Å². The summed E-state index contributed by atoms with van der Waals surface area (Å²) in [6.45, 7) is 7.62. The number of likely N-dealkylation sites (tertiary alicyclic amines) is 1. The van der Waals surface area contributed by atoms with E-state index in [4.69, 9.17) is 4.74 Å². The first-order chi connectivity index (χ1) is 14.0. The second-order valence-corrected chi connectivity index (χ2v) is 7.29. The molecule has 0 aliphatic carbocycles. The highest BCUT2D eigenvalue weighted by molar-refractivity contribution is 5.79. The highest BCUT2D eigenvalue weighted by atomic mass is 16.5. The van der Waals surface area contributed by atoms with Gasteiger partial charge in [-0.25, -0.2) is 9.97 Å². The van der Waals surface area contributed by atoms with Crippen molar-refractivity contribution in [1.29, 1.82) is 0 Å². The van der Waals surface area contributed by atoms with Crippen LogP contribution >= 0.6 is 0 Å². The van der Waals surface area contributed by atoms with Gasteiger partial charge in [0.1, 0.15) is 11.6 Å². The van der Waals surface area contributed by atoms with Gasteiger partial charge in [-0.05, 0) is 39.3 Å². The number of benzene rings is 1. The fraction of sp³-hybridized carbons (Fsp3) is 0.455. The van der Waals surface area contributed by atoms with Gasteiger partial charge in [-0.1, -0.05) is 18.2 Å². The Balaban J connectivity index is 1.60. The lowest BCUT2D eigenvalue weighted by Gasteiger charge is -2.17. The topological polar surface area (TPSA) is 84.4 Å². The minimum Gasteiger partial charge on any atom is -0.484 e. The summed E-state index contributed by atoms with van der Waals surface area (Å²) in [5.41, 5.74) is 2.54. The van der Waals surface area contributed by atoms with Crippen molar-refractivity contribution in [3.63, 3.8) is 0 Å². The van der Waals surface area contributed by atoms with Crippen LogP contribution in [0.2, 0.25) is 0 Å². The largest absolute Gasteiger partial charge is 0.484 e. The molecule has 1 aromatic carbocycles. The van der Waals surface area contributed by atoms with E-state index in [1.807, 2.05) is 56.0 Å². The molecule has 1 aliphatic heterocycles. The van der Waals surface area contributed by atoms with Crippen LogP contribution in [0.5, 0.6) is 5.75 Å². The van der Waals surface area contributed by atoms with E-state index in [-0.39, 0.29) is 30.8 Å². The number of hydrogen-bond donors (Lipinski definition) is 1. The SMILES string of the molecule is CCNC(=O)Cc1c(C)nc(C2CCN(C(=O)COc3ccccc3)C2)nc1C. The van der Waals surface area contributed by atoms with Crippen molar-refractivity contribution in [3.05, 3.63) is 53.1 Å². The summed E-state index contributed by atoms with van der Waals surface area (Å²) in [7, 11) is 0. The zero-order valence-corrected chi connectivity index (χ0v) is 17.3. The lowest BCUT2D eigenvalue weighted by molar-refractivity contribution is -0.132. The molecule has 1 N–H and O–H groups in total. The van der Waals surface area contributed by atoms with E-state index in [1.54, 1.807) is 0 Å². The van der Waals surface area contributed by atoms with E-state index in [0.717, 1.165) is 29.2 Å². The summed E-state index contributed by atoms with van der Waals surface area (Å²) in [4.78, 5) is 35.5. The standard InChI is InChI=1S/C22H28N4O3/c1-4-23-20(27)12-19-15(2)24-22(25-16(19)3)17-10-11-26(13-17)21(28)14-29-18-8-6-5-7-9-18/h5-9,17H,4,10-14H2,1-3H3,(H,23,27). The van der Waals surface area contributed by atoms with Crippen molar-refractivity contribution < 1.29 is 14.3 Å². The Hall–Kier alpha value is -2.96. The maximum Gasteiger partial charge on any atom is 0.260 e. The normalized spacial score (nSPS) is 16.0. The maximum absolute atomic E-state index is 12.5. The second-order valence-electron chi connectivity index (χ2n) is 7.29. The van der Waals surface area contributed by atoms with Crippen LogP contribution in [-0.4, -0.2) is 52.9 Å². The molecule has 1 fully saturated rings. The Bertz CT molecular complexity index is 847. The Morgan fingerprint density at radius 2 is 1.86 bits per heavy atom. The van der Waals surface area contributed by atoms with Gasteiger partial charge in [0.2, 0.25) is 5.91 Å². The number of aromatic nitrogens is 2. The smallest absolute Gasteiger partial charge is 0.260 e. The van der Waals surface area contributed by atoms with E-state index in [2.05, 4.69) is 15.3 Å². The van der Waals surface area contributed by atoms with Gasteiger partial charge in [-0.3, -0.25) is 9.59 Å². The highest BCUT2D eigenvalue weighted by Gasteiger charge is 2.30. The summed E-state index contributed by atoms with van der Waals surface area (Å²) in [6, 6.07) is 9.33. The number of aryl methyl sites for hydroxylation is 2. The molecule has 1 aromatic heterocycles. The molecule has 2 amide bonds. The van der Waals surface area contributed by atoms with Gasteiger partial charge in [-0.2, -0.15) is 0 Å². The number of hydrogen-bond acceptors (Lipinski definition) is 5. The third-order valence-electron chi connectivity index (χ3n) is 5.16. The summed E-state index contributed by atoms with van der Waals surface area (Å²) < 4.78 is 5.57. The van der Waals surface area contributed by atoms with Gasteiger partial charge in [0, 0.05) is 42.5 Å². The molecule has 2 heterocycles. The number of nitrogens with one attached hydrogen (secondary N) is 1. The first-order valence-corrected chi connectivity index (χ1v) is 10.0. The predicted octanol–water partition coefficient (Wildman–Crippen LogP) is 2.17. The maximum atomic E-state index is 12.5. The fourth-order valence-electron chi connectivity index (χ4n) is 3.57. The molecule has 1 saturated heterocycles. The second kappa shape index (κ2) is 9.49. The average molecular weight is 396 g/mol. The van der Waals surface area contributed by atoms with Gasteiger partial charge in [0.25, 0.3) is 5.91 Å². The van der Waals surface area contributed by atoms with Crippen LogP contribution in [-0.2, 0) is 16.0 Å². The van der Waals surface area contributed by atoms with E-state index >= 15 is 0 Å². The molecule has 154 valence electrons. The minimum absolute atomic E-state index is 0.0221. The van der Waals surface area contributed by atoms with Crippen LogP contribution in [0.25, 0.3) is 0 Å². The van der Waals surface area contributed by atoms with Crippen LogP contribution in [0.1, 0.15) is 42.0 Å². The fourth-order valence-corrected chi connectivity index (χ4v) is 3.57. The number of likely N-dealkylation sites (N-methyl/N-ethyl adjacent to an activating group) is 1. The zero-order chi connectivity index (χ0) is 20.8. The average Bonchev–Trinajstić information content (AvgIpc) is 3.20. The van der Waals surface area contributed by atoms with Gasteiger partial charge >= 0.3 is 0 Å². The summed E-state index contributed by atoms with van der Waals surface area (Å²) >= 11 is 0. The number of nitrogens with zero attached hydrogens (tertiary/aromatic N) is 3. The van der Waals surface area contributed by atoms with E-state index in [1.165, 1.54) is 0 Å². The number of amides is 2. The molecule has 1 aliphatic rings. The van der Waals surface area contributed by atoms with Crippen molar-refractivity contribution in [1.82, 2.24) is 20.2 Å². The first-order valence-electron chi connectivity index (χ1n) is 10.0. The van der Waals surface area contributed by atoms with Gasteiger partial charge in [0.15, 0.2) is 6.61 Å². The Morgan fingerprint density at radius 3 is 2.52 bits per heavy atom. The van der Waals surface area contributed by atoms with Crippen molar-refractivity contribution >= 4 is 11.8 Å².